The fourth-order valence-electron chi connectivity index (χ4n) is 1.70. The van der Waals surface area contributed by atoms with Crippen LogP contribution in [0.4, 0.5) is 0 Å². The van der Waals surface area contributed by atoms with Crippen molar-refractivity contribution >= 4 is 5.78 Å². The summed E-state index contributed by atoms with van der Waals surface area (Å²) in [7, 11) is 0. The van der Waals surface area contributed by atoms with Crippen molar-refractivity contribution in [3.63, 3.8) is 0 Å². The van der Waals surface area contributed by atoms with Gasteiger partial charge in [-0.1, -0.05) is 38.1 Å². The summed E-state index contributed by atoms with van der Waals surface area (Å²) in [5.74, 6) is 0.956. The largest absolute Gasteiger partial charge is 0.300 e. The number of benzene rings is 1. The van der Waals surface area contributed by atoms with Gasteiger partial charge in [-0.2, -0.15) is 0 Å². The van der Waals surface area contributed by atoms with Gasteiger partial charge in [-0.15, -0.1) is 0 Å². The summed E-state index contributed by atoms with van der Waals surface area (Å²) in [4.78, 5) is 10.9. The molecule has 0 amide bonds. The van der Waals surface area contributed by atoms with Crippen LogP contribution in [-0.2, 0) is 17.6 Å². The summed E-state index contributed by atoms with van der Waals surface area (Å²) in [6.45, 7) is 6.10. The number of rotatable bonds is 5. The van der Waals surface area contributed by atoms with Gasteiger partial charge in [-0.05, 0) is 36.8 Å². The molecular weight excluding hydrogens is 184 g/mol. The molecule has 0 aromatic heterocycles. The molecule has 0 bridgehead atoms. The maximum absolute atomic E-state index is 10.9. The Bertz CT molecular complexity index is 326. The first kappa shape index (κ1) is 12.0. The molecule has 1 nitrogen and oxygen atoms in total. The van der Waals surface area contributed by atoms with E-state index in [0.717, 1.165) is 12.8 Å². The number of Topliss-reactive ketones (excluding diaryl/α,β-unsaturated/α-hetero) is 1. The number of hydrogen-bond donors (Lipinski definition) is 0. The molecule has 0 atom stereocenters. The van der Waals surface area contributed by atoms with Crippen molar-refractivity contribution in [1.29, 1.82) is 0 Å². The molecule has 0 aliphatic carbocycles. The van der Waals surface area contributed by atoms with E-state index in [0.29, 0.717) is 12.3 Å². The Balaban J connectivity index is 2.61. The van der Waals surface area contributed by atoms with Gasteiger partial charge in [-0.25, -0.2) is 0 Å². The minimum absolute atomic E-state index is 0.268. The summed E-state index contributed by atoms with van der Waals surface area (Å²) in [5.41, 5.74) is 2.66. The van der Waals surface area contributed by atoms with Crippen molar-refractivity contribution in [2.45, 2.75) is 40.0 Å². The fraction of sp³-hybridized carbons (Fsp3) is 0.500. The van der Waals surface area contributed by atoms with Gasteiger partial charge in [0.25, 0.3) is 0 Å². The SMILES string of the molecule is CC(=O)CCc1cccc(CC(C)C)c1. The molecule has 15 heavy (non-hydrogen) atoms. The molecule has 0 aliphatic rings. The van der Waals surface area contributed by atoms with E-state index < -0.39 is 0 Å². The normalized spacial score (nSPS) is 10.7. The number of carbonyl (C=O) groups is 1. The topological polar surface area (TPSA) is 17.1 Å². The quantitative estimate of drug-likeness (QED) is 0.718. The summed E-state index contributed by atoms with van der Waals surface area (Å²) in [5, 5.41) is 0. The summed E-state index contributed by atoms with van der Waals surface area (Å²) in [6, 6.07) is 8.58. The Labute approximate surface area is 92.5 Å². The highest BCUT2D eigenvalue weighted by Crippen LogP contribution is 2.12. The van der Waals surface area contributed by atoms with Crippen molar-refractivity contribution in [2.24, 2.45) is 5.92 Å². The second-order valence-electron chi connectivity index (χ2n) is 4.62. The molecule has 0 aliphatic heterocycles. The predicted molar refractivity (Wildman–Crippen MR) is 64.0 cm³/mol. The van der Waals surface area contributed by atoms with Gasteiger partial charge in [0.05, 0.1) is 0 Å². The Morgan fingerprint density at radius 2 is 1.93 bits per heavy atom. The van der Waals surface area contributed by atoms with E-state index in [1.807, 2.05) is 0 Å². The van der Waals surface area contributed by atoms with Gasteiger partial charge >= 0.3 is 0 Å². The van der Waals surface area contributed by atoms with Crippen molar-refractivity contribution in [1.82, 2.24) is 0 Å². The lowest BCUT2D eigenvalue weighted by Crippen LogP contribution is -1.97. The molecule has 82 valence electrons. The maximum Gasteiger partial charge on any atom is 0.130 e. The van der Waals surface area contributed by atoms with Crippen molar-refractivity contribution < 1.29 is 4.79 Å². The van der Waals surface area contributed by atoms with Crippen molar-refractivity contribution in [2.75, 3.05) is 0 Å². The molecule has 1 aromatic rings. The third kappa shape index (κ3) is 4.78. The second kappa shape index (κ2) is 5.69. The number of ketones is 1. The molecule has 0 saturated carbocycles. The third-order valence-corrected chi connectivity index (χ3v) is 2.40. The van der Waals surface area contributed by atoms with Gasteiger partial charge in [0.1, 0.15) is 5.78 Å². The number of aryl methyl sites for hydroxylation is 1. The Morgan fingerprint density at radius 1 is 1.27 bits per heavy atom. The van der Waals surface area contributed by atoms with E-state index in [9.17, 15) is 4.79 Å². The molecule has 0 radical (unpaired) electrons. The van der Waals surface area contributed by atoms with Crippen LogP contribution in [0.2, 0.25) is 0 Å². The molecule has 0 unspecified atom stereocenters. The molecule has 0 N–H and O–H groups in total. The second-order valence-corrected chi connectivity index (χ2v) is 4.62. The average Bonchev–Trinajstić information content (AvgIpc) is 2.14. The van der Waals surface area contributed by atoms with Gasteiger partial charge in [0.15, 0.2) is 0 Å². The first-order valence-corrected chi connectivity index (χ1v) is 5.65. The van der Waals surface area contributed by atoms with Crippen molar-refractivity contribution in [3.8, 4) is 0 Å². The summed E-state index contributed by atoms with van der Waals surface area (Å²) in [6.07, 6.45) is 2.65. The Morgan fingerprint density at radius 3 is 2.53 bits per heavy atom. The zero-order valence-corrected chi connectivity index (χ0v) is 9.92. The first-order chi connectivity index (χ1) is 7.08. The highest BCUT2D eigenvalue weighted by molar-refractivity contribution is 5.75. The molecule has 0 saturated heterocycles. The van der Waals surface area contributed by atoms with Crippen LogP contribution in [0, 0.1) is 5.92 Å². The van der Waals surface area contributed by atoms with E-state index in [2.05, 4.69) is 38.1 Å². The lowest BCUT2D eigenvalue weighted by atomic mass is 9.99. The van der Waals surface area contributed by atoms with Gasteiger partial charge in [0, 0.05) is 6.42 Å². The van der Waals surface area contributed by atoms with Crippen LogP contribution >= 0.6 is 0 Å². The average molecular weight is 204 g/mol. The smallest absolute Gasteiger partial charge is 0.130 e. The lowest BCUT2D eigenvalue weighted by Gasteiger charge is -2.06. The van der Waals surface area contributed by atoms with Crippen LogP contribution in [0.1, 0.15) is 38.3 Å². The Hall–Kier alpha value is -1.11. The fourth-order valence-corrected chi connectivity index (χ4v) is 1.70. The van der Waals surface area contributed by atoms with Crippen molar-refractivity contribution in [3.05, 3.63) is 35.4 Å². The van der Waals surface area contributed by atoms with Crippen LogP contribution < -0.4 is 0 Å². The van der Waals surface area contributed by atoms with Crippen LogP contribution in [0.25, 0.3) is 0 Å². The van der Waals surface area contributed by atoms with E-state index >= 15 is 0 Å². The molecule has 1 rings (SSSR count). The predicted octanol–water partition coefficient (Wildman–Crippen LogP) is 3.41. The van der Waals surface area contributed by atoms with Gasteiger partial charge in [0.2, 0.25) is 0 Å². The lowest BCUT2D eigenvalue weighted by molar-refractivity contribution is -0.116. The Kier molecular flexibility index (Phi) is 4.54. The van der Waals surface area contributed by atoms with Crippen LogP contribution in [-0.4, -0.2) is 5.78 Å². The highest BCUT2D eigenvalue weighted by atomic mass is 16.1. The maximum atomic E-state index is 10.9. The monoisotopic (exact) mass is 204 g/mol. The van der Waals surface area contributed by atoms with Crippen LogP contribution in [0.5, 0.6) is 0 Å². The minimum Gasteiger partial charge on any atom is -0.300 e. The summed E-state index contributed by atoms with van der Waals surface area (Å²) >= 11 is 0. The zero-order chi connectivity index (χ0) is 11.3. The van der Waals surface area contributed by atoms with E-state index in [1.165, 1.54) is 11.1 Å². The number of hydrogen-bond acceptors (Lipinski definition) is 1. The molecule has 0 spiro atoms. The molecule has 0 heterocycles. The molecule has 1 aromatic carbocycles. The third-order valence-electron chi connectivity index (χ3n) is 2.40. The molecule has 0 fully saturated rings. The van der Waals surface area contributed by atoms with Crippen LogP contribution in [0.3, 0.4) is 0 Å². The van der Waals surface area contributed by atoms with Gasteiger partial charge in [-0.3, -0.25) is 0 Å². The van der Waals surface area contributed by atoms with Gasteiger partial charge < -0.3 is 4.79 Å². The van der Waals surface area contributed by atoms with E-state index in [1.54, 1.807) is 6.92 Å². The summed E-state index contributed by atoms with van der Waals surface area (Å²) < 4.78 is 0. The first-order valence-electron chi connectivity index (χ1n) is 5.65. The minimum atomic E-state index is 0.268. The zero-order valence-electron chi connectivity index (χ0n) is 9.92. The van der Waals surface area contributed by atoms with E-state index in [-0.39, 0.29) is 5.78 Å². The molecular formula is C14H20O. The molecule has 1 heteroatoms. The highest BCUT2D eigenvalue weighted by Gasteiger charge is 2.00. The number of carbonyl (C=O) groups excluding carboxylic acids is 1. The standard InChI is InChI=1S/C14H20O/c1-11(2)9-14-6-4-5-13(10-14)8-7-12(3)15/h4-6,10-11H,7-9H2,1-3H3. The van der Waals surface area contributed by atoms with E-state index in [4.69, 9.17) is 0 Å². The van der Waals surface area contributed by atoms with Crippen LogP contribution in [0.15, 0.2) is 24.3 Å².